The number of nitrogens with zero attached hydrogens (tertiary/aromatic N) is 3. The molecule has 0 atom stereocenters. The Bertz CT molecular complexity index is 973. The van der Waals surface area contributed by atoms with Gasteiger partial charge in [-0.1, -0.05) is 29.8 Å². The minimum atomic E-state index is -0.110. The Hall–Kier alpha value is -2.73. The highest BCUT2D eigenvalue weighted by Crippen LogP contribution is 2.20. The minimum Gasteiger partial charge on any atom is -0.352 e. The molecule has 0 aliphatic carbocycles. The van der Waals surface area contributed by atoms with Crippen LogP contribution in [-0.2, 0) is 6.42 Å². The van der Waals surface area contributed by atoms with Gasteiger partial charge in [-0.05, 0) is 31.9 Å². The number of fused-ring (bicyclic) bond motifs is 1. The van der Waals surface area contributed by atoms with E-state index < -0.39 is 0 Å². The third kappa shape index (κ3) is 4.39. The molecule has 2 heterocycles. The van der Waals surface area contributed by atoms with E-state index in [9.17, 15) is 4.79 Å². The van der Waals surface area contributed by atoms with E-state index in [4.69, 9.17) is 4.98 Å². The third-order valence-electron chi connectivity index (χ3n) is 5.09. The van der Waals surface area contributed by atoms with Gasteiger partial charge in [-0.15, -0.1) is 0 Å². The predicted octanol–water partition coefficient (Wildman–Crippen LogP) is 1.51. The number of amides is 1. The van der Waals surface area contributed by atoms with Crippen LogP contribution in [0.4, 0.5) is 0 Å². The van der Waals surface area contributed by atoms with E-state index in [0.717, 1.165) is 36.3 Å². The molecule has 0 saturated heterocycles. The molecule has 2 N–H and O–H groups in total. The SMILES string of the molecule is Cc1ccc(Cc2c(C)nc3c(C(=O)NCCC[NH+](C)C)cnn3c2C)cc1. The topological polar surface area (TPSA) is 63.7 Å². The number of rotatable bonds is 7. The van der Waals surface area contributed by atoms with Crippen LogP contribution in [0, 0.1) is 20.8 Å². The first kappa shape index (κ1) is 20.0. The van der Waals surface area contributed by atoms with E-state index in [1.54, 1.807) is 10.7 Å². The van der Waals surface area contributed by atoms with Crippen molar-refractivity contribution in [3.8, 4) is 0 Å². The van der Waals surface area contributed by atoms with Crippen LogP contribution in [0.1, 0.15) is 44.9 Å². The van der Waals surface area contributed by atoms with Crippen LogP contribution in [0.2, 0.25) is 0 Å². The lowest BCUT2D eigenvalue weighted by atomic mass is 10.0. The molecule has 3 aromatic rings. The fourth-order valence-corrected chi connectivity index (χ4v) is 3.38. The second-order valence-corrected chi connectivity index (χ2v) is 7.78. The molecule has 0 aliphatic rings. The molecular formula is C22H30N5O+. The summed E-state index contributed by atoms with van der Waals surface area (Å²) in [6.07, 6.45) is 3.37. The fraction of sp³-hybridized carbons (Fsp3) is 0.409. The van der Waals surface area contributed by atoms with Gasteiger partial charge >= 0.3 is 0 Å². The monoisotopic (exact) mass is 380 g/mol. The standard InChI is InChI=1S/C22H29N5O/c1-15-7-9-18(10-8-15)13-19-16(2)25-21-20(14-24-27(21)17(19)3)22(28)23-11-6-12-26(4)5/h7-10,14H,6,11-13H2,1-5H3,(H,23,28)/p+1. The van der Waals surface area contributed by atoms with E-state index in [1.165, 1.54) is 16.0 Å². The van der Waals surface area contributed by atoms with E-state index >= 15 is 0 Å². The van der Waals surface area contributed by atoms with Crippen LogP contribution >= 0.6 is 0 Å². The van der Waals surface area contributed by atoms with Gasteiger partial charge < -0.3 is 10.2 Å². The minimum absolute atomic E-state index is 0.110. The van der Waals surface area contributed by atoms with Gasteiger partial charge in [0.2, 0.25) is 0 Å². The maximum atomic E-state index is 12.6. The van der Waals surface area contributed by atoms with Crippen molar-refractivity contribution in [3.63, 3.8) is 0 Å². The number of aryl methyl sites for hydroxylation is 3. The van der Waals surface area contributed by atoms with Gasteiger partial charge in [-0.25, -0.2) is 9.50 Å². The van der Waals surface area contributed by atoms with Crippen molar-refractivity contribution in [1.29, 1.82) is 0 Å². The molecule has 1 amide bonds. The quantitative estimate of drug-likeness (QED) is 0.611. The van der Waals surface area contributed by atoms with Crippen molar-refractivity contribution in [3.05, 3.63) is 64.1 Å². The summed E-state index contributed by atoms with van der Waals surface area (Å²) in [5.74, 6) is -0.110. The molecule has 0 aliphatic heterocycles. The van der Waals surface area contributed by atoms with Crippen molar-refractivity contribution in [2.45, 2.75) is 33.6 Å². The second-order valence-electron chi connectivity index (χ2n) is 7.78. The van der Waals surface area contributed by atoms with Gasteiger partial charge in [0, 0.05) is 30.8 Å². The molecule has 0 saturated carbocycles. The Kier molecular flexibility index (Phi) is 6.09. The fourth-order valence-electron chi connectivity index (χ4n) is 3.38. The highest BCUT2D eigenvalue weighted by Gasteiger charge is 2.18. The molecule has 2 aromatic heterocycles. The number of quaternary nitrogens is 1. The molecular weight excluding hydrogens is 350 g/mol. The smallest absolute Gasteiger partial charge is 0.256 e. The maximum Gasteiger partial charge on any atom is 0.256 e. The van der Waals surface area contributed by atoms with Gasteiger partial charge in [-0.3, -0.25) is 4.79 Å². The number of hydrogen-bond acceptors (Lipinski definition) is 3. The summed E-state index contributed by atoms with van der Waals surface area (Å²) in [6.45, 7) is 7.81. The van der Waals surface area contributed by atoms with Gasteiger partial charge in [-0.2, -0.15) is 5.10 Å². The van der Waals surface area contributed by atoms with Crippen LogP contribution in [0.5, 0.6) is 0 Å². The zero-order valence-electron chi connectivity index (χ0n) is 17.5. The van der Waals surface area contributed by atoms with E-state index in [1.807, 2.05) is 13.8 Å². The molecule has 3 rings (SSSR count). The van der Waals surface area contributed by atoms with E-state index in [-0.39, 0.29) is 5.91 Å². The molecule has 0 spiro atoms. The summed E-state index contributed by atoms with van der Waals surface area (Å²) in [4.78, 5) is 18.7. The first-order valence-electron chi connectivity index (χ1n) is 9.83. The Labute approximate surface area is 166 Å². The molecule has 0 radical (unpaired) electrons. The number of aromatic nitrogens is 3. The van der Waals surface area contributed by atoms with Crippen LogP contribution < -0.4 is 10.2 Å². The van der Waals surface area contributed by atoms with Crippen LogP contribution in [-0.4, -0.2) is 47.7 Å². The molecule has 28 heavy (non-hydrogen) atoms. The van der Waals surface area contributed by atoms with Gasteiger partial charge in [0.1, 0.15) is 5.56 Å². The highest BCUT2D eigenvalue weighted by molar-refractivity contribution is 5.99. The van der Waals surface area contributed by atoms with Crippen molar-refractivity contribution in [2.75, 3.05) is 27.2 Å². The molecule has 0 unspecified atom stereocenters. The summed E-state index contributed by atoms with van der Waals surface area (Å²) in [5.41, 5.74) is 6.77. The number of hydrogen-bond donors (Lipinski definition) is 2. The predicted molar refractivity (Wildman–Crippen MR) is 111 cm³/mol. The Balaban J connectivity index is 1.83. The zero-order chi connectivity index (χ0) is 20.3. The Morgan fingerprint density at radius 1 is 1.14 bits per heavy atom. The summed E-state index contributed by atoms with van der Waals surface area (Å²) < 4.78 is 1.79. The average molecular weight is 381 g/mol. The number of carbonyl (C=O) groups is 1. The van der Waals surface area contributed by atoms with Crippen molar-refractivity contribution in [2.24, 2.45) is 0 Å². The Morgan fingerprint density at radius 3 is 2.54 bits per heavy atom. The summed E-state index contributed by atoms with van der Waals surface area (Å²) in [7, 11) is 4.22. The summed E-state index contributed by atoms with van der Waals surface area (Å²) in [6, 6.07) is 8.55. The number of nitrogens with one attached hydrogen (secondary N) is 2. The van der Waals surface area contributed by atoms with E-state index in [2.05, 4.69) is 55.7 Å². The average Bonchev–Trinajstić information content (AvgIpc) is 3.07. The van der Waals surface area contributed by atoms with Gasteiger partial charge in [0.15, 0.2) is 5.65 Å². The summed E-state index contributed by atoms with van der Waals surface area (Å²) >= 11 is 0. The van der Waals surface area contributed by atoms with Gasteiger partial charge in [0.25, 0.3) is 5.91 Å². The van der Waals surface area contributed by atoms with Crippen molar-refractivity contribution < 1.29 is 9.69 Å². The van der Waals surface area contributed by atoms with Crippen molar-refractivity contribution in [1.82, 2.24) is 19.9 Å². The highest BCUT2D eigenvalue weighted by atomic mass is 16.1. The number of carbonyl (C=O) groups excluding carboxylic acids is 1. The lowest BCUT2D eigenvalue weighted by molar-refractivity contribution is -0.858. The Morgan fingerprint density at radius 2 is 1.86 bits per heavy atom. The maximum absolute atomic E-state index is 12.6. The first-order valence-corrected chi connectivity index (χ1v) is 9.83. The third-order valence-corrected chi connectivity index (χ3v) is 5.09. The zero-order valence-corrected chi connectivity index (χ0v) is 17.5. The van der Waals surface area contributed by atoms with Crippen LogP contribution in [0.25, 0.3) is 5.65 Å². The molecule has 1 aromatic carbocycles. The lowest BCUT2D eigenvalue weighted by Gasteiger charge is -2.12. The molecule has 6 nitrogen and oxygen atoms in total. The largest absolute Gasteiger partial charge is 0.352 e. The van der Waals surface area contributed by atoms with Gasteiger partial charge in [0.05, 0.1) is 26.8 Å². The lowest BCUT2D eigenvalue weighted by Crippen LogP contribution is -3.05. The normalized spacial score (nSPS) is 11.4. The molecule has 0 fully saturated rings. The molecule has 0 bridgehead atoms. The number of benzene rings is 1. The van der Waals surface area contributed by atoms with Crippen LogP contribution in [0.15, 0.2) is 30.5 Å². The summed E-state index contributed by atoms with van der Waals surface area (Å²) in [5, 5.41) is 7.43. The van der Waals surface area contributed by atoms with Crippen LogP contribution in [0.3, 0.4) is 0 Å². The molecule has 6 heteroatoms. The first-order chi connectivity index (χ1) is 13.4. The van der Waals surface area contributed by atoms with E-state index in [0.29, 0.717) is 17.8 Å². The molecule has 148 valence electrons. The second kappa shape index (κ2) is 8.52. The van der Waals surface area contributed by atoms with Crippen molar-refractivity contribution >= 4 is 11.6 Å².